The molecule has 3 atom stereocenters. The van der Waals surface area contributed by atoms with Crippen LogP contribution in [0, 0.1) is 5.92 Å². The molecule has 1 aliphatic heterocycles. The van der Waals surface area contributed by atoms with Gasteiger partial charge in [-0.1, -0.05) is 67.6 Å². The molecule has 3 nitrogen and oxygen atoms in total. The van der Waals surface area contributed by atoms with Crippen LogP contribution in [0.25, 0.3) is 0 Å². The number of nitrogens with zero attached hydrogens (tertiary/aromatic N) is 1. The van der Waals surface area contributed by atoms with Crippen molar-refractivity contribution in [2.24, 2.45) is 5.92 Å². The summed E-state index contributed by atoms with van der Waals surface area (Å²) in [7, 11) is 0. The second-order valence-corrected chi connectivity index (χ2v) is 6.29. The molecule has 120 valence electrons. The second-order valence-electron chi connectivity index (χ2n) is 6.29. The number of rotatable bonds is 4. The molecule has 0 radical (unpaired) electrons. The Kier molecular flexibility index (Phi) is 4.77. The van der Waals surface area contributed by atoms with Gasteiger partial charge in [0.25, 0.3) is 0 Å². The van der Waals surface area contributed by atoms with E-state index < -0.39 is 6.10 Å². The minimum Gasteiger partial charge on any atom is -0.386 e. The molecule has 1 aliphatic rings. The van der Waals surface area contributed by atoms with Crippen LogP contribution in [0.5, 0.6) is 0 Å². The number of hydrogen-bond donors (Lipinski definition) is 1. The molecule has 23 heavy (non-hydrogen) atoms. The van der Waals surface area contributed by atoms with Crippen LogP contribution in [0.15, 0.2) is 60.7 Å². The molecular weight excluding hydrogens is 286 g/mol. The Bertz CT molecular complexity index is 641. The lowest BCUT2D eigenvalue weighted by Gasteiger charge is -2.39. The normalized spacial score (nSPS) is 21.0. The van der Waals surface area contributed by atoms with Gasteiger partial charge in [-0.3, -0.25) is 4.79 Å². The van der Waals surface area contributed by atoms with Gasteiger partial charge >= 0.3 is 0 Å². The van der Waals surface area contributed by atoms with Gasteiger partial charge < -0.3 is 10.0 Å². The van der Waals surface area contributed by atoms with Crippen molar-refractivity contribution >= 4 is 5.91 Å². The van der Waals surface area contributed by atoms with E-state index in [0.29, 0.717) is 6.54 Å². The topological polar surface area (TPSA) is 40.5 Å². The van der Waals surface area contributed by atoms with Crippen molar-refractivity contribution in [3.05, 3.63) is 71.8 Å². The summed E-state index contributed by atoms with van der Waals surface area (Å²) in [6.45, 7) is 2.68. The number of piperidine rings is 1. The van der Waals surface area contributed by atoms with E-state index in [4.69, 9.17) is 0 Å². The lowest BCUT2D eigenvalue weighted by atomic mass is 9.90. The fraction of sp³-hybridized carbons (Fsp3) is 0.350. The maximum absolute atomic E-state index is 12.7. The summed E-state index contributed by atoms with van der Waals surface area (Å²) in [6, 6.07) is 19.1. The van der Waals surface area contributed by atoms with Crippen LogP contribution in [-0.4, -0.2) is 22.5 Å². The van der Waals surface area contributed by atoms with Gasteiger partial charge in [0.2, 0.25) is 5.91 Å². The van der Waals surface area contributed by atoms with Gasteiger partial charge in [-0.05, 0) is 24.0 Å². The van der Waals surface area contributed by atoms with Crippen molar-refractivity contribution in [3.63, 3.8) is 0 Å². The molecule has 0 aliphatic carbocycles. The highest BCUT2D eigenvalue weighted by Crippen LogP contribution is 2.37. The summed E-state index contributed by atoms with van der Waals surface area (Å²) in [6.07, 6.45) is 1.18. The first kappa shape index (κ1) is 15.8. The zero-order valence-corrected chi connectivity index (χ0v) is 13.4. The van der Waals surface area contributed by atoms with Crippen molar-refractivity contribution < 1.29 is 9.90 Å². The quantitative estimate of drug-likeness (QED) is 0.935. The summed E-state index contributed by atoms with van der Waals surface area (Å²) in [4.78, 5) is 14.6. The number of hydrogen-bond acceptors (Lipinski definition) is 2. The van der Waals surface area contributed by atoms with Crippen LogP contribution >= 0.6 is 0 Å². The van der Waals surface area contributed by atoms with Crippen molar-refractivity contribution in [3.8, 4) is 0 Å². The fourth-order valence-corrected chi connectivity index (χ4v) is 3.38. The minimum atomic E-state index is -0.729. The highest BCUT2D eigenvalue weighted by Gasteiger charge is 2.35. The van der Waals surface area contributed by atoms with Gasteiger partial charge in [0.1, 0.15) is 6.10 Å². The van der Waals surface area contributed by atoms with E-state index in [0.717, 1.165) is 24.0 Å². The van der Waals surface area contributed by atoms with Gasteiger partial charge in [0.15, 0.2) is 0 Å². The molecule has 0 bridgehead atoms. The molecule has 0 saturated carbocycles. The van der Waals surface area contributed by atoms with E-state index in [1.54, 1.807) is 0 Å². The third-order valence-corrected chi connectivity index (χ3v) is 4.66. The molecule has 3 rings (SSSR count). The Morgan fingerprint density at radius 3 is 2.17 bits per heavy atom. The molecule has 0 spiro atoms. The molecular formula is C20H23NO2. The summed E-state index contributed by atoms with van der Waals surface area (Å²) < 4.78 is 0. The second kappa shape index (κ2) is 6.97. The van der Waals surface area contributed by atoms with E-state index in [1.165, 1.54) is 0 Å². The van der Waals surface area contributed by atoms with Crippen LogP contribution in [-0.2, 0) is 4.79 Å². The van der Waals surface area contributed by atoms with E-state index in [-0.39, 0.29) is 17.9 Å². The lowest BCUT2D eigenvalue weighted by molar-refractivity contribution is -0.143. The number of carbonyl (C=O) groups is 1. The lowest BCUT2D eigenvalue weighted by Crippen LogP contribution is -2.44. The molecule has 2 aromatic carbocycles. The standard InChI is InChI=1S/C20H23NO2/c1-15-9-8-14-21(20(15)23)18(16-10-4-2-5-11-16)19(22)17-12-6-3-7-13-17/h2-7,10-13,15,18-19,22H,8-9,14H2,1H3. The molecule has 3 heteroatoms. The van der Waals surface area contributed by atoms with Gasteiger partial charge in [-0.15, -0.1) is 0 Å². The van der Waals surface area contributed by atoms with E-state index in [9.17, 15) is 9.90 Å². The highest BCUT2D eigenvalue weighted by atomic mass is 16.3. The van der Waals surface area contributed by atoms with Crippen molar-refractivity contribution in [1.29, 1.82) is 0 Å². The maximum Gasteiger partial charge on any atom is 0.226 e. The maximum atomic E-state index is 12.7. The first-order valence-electron chi connectivity index (χ1n) is 8.27. The van der Waals surface area contributed by atoms with Crippen LogP contribution in [0.1, 0.15) is 43.0 Å². The predicted molar refractivity (Wildman–Crippen MR) is 90.7 cm³/mol. The van der Waals surface area contributed by atoms with Gasteiger partial charge in [0.05, 0.1) is 6.04 Å². The third kappa shape index (κ3) is 3.30. The highest BCUT2D eigenvalue weighted by molar-refractivity contribution is 5.79. The first-order valence-corrected chi connectivity index (χ1v) is 8.27. The number of likely N-dealkylation sites (tertiary alicyclic amines) is 1. The Morgan fingerprint density at radius 2 is 1.57 bits per heavy atom. The molecule has 1 fully saturated rings. The molecule has 2 aromatic rings. The molecule has 0 aromatic heterocycles. The molecule has 1 saturated heterocycles. The average molecular weight is 309 g/mol. The number of benzene rings is 2. The molecule has 3 unspecified atom stereocenters. The summed E-state index contributed by atoms with van der Waals surface area (Å²) in [5.74, 6) is 0.165. The Balaban J connectivity index is 1.99. The smallest absolute Gasteiger partial charge is 0.226 e. The van der Waals surface area contributed by atoms with Crippen molar-refractivity contribution in [2.45, 2.75) is 31.9 Å². The zero-order chi connectivity index (χ0) is 16.2. The molecule has 1 N–H and O–H groups in total. The summed E-state index contributed by atoms with van der Waals surface area (Å²) >= 11 is 0. The van der Waals surface area contributed by atoms with Crippen molar-refractivity contribution in [2.75, 3.05) is 6.54 Å². The van der Waals surface area contributed by atoms with Gasteiger partial charge in [0, 0.05) is 12.5 Å². The van der Waals surface area contributed by atoms with Crippen molar-refractivity contribution in [1.82, 2.24) is 4.90 Å². The SMILES string of the molecule is CC1CCCN(C(c2ccccc2)C(O)c2ccccc2)C1=O. The van der Waals surface area contributed by atoms with Gasteiger partial charge in [-0.2, -0.15) is 0 Å². The number of aliphatic hydroxyl groups excluding tert-OH is 1. The van der Waals surface area contributed by atoms with Crippen LogP contribution < -0.4 is 0 Å². The summed E-state index contributed by atoms with van der Waals surface area (Å²) in [5.41, 5.74) is 1.82. The largest absolute Gasteiger partial charge is 0.386 e. The molecule has 1 amide bonds. The Hall–Kier alpha value is -2.13. The minimum absolute atomic E-state index is 0.0259. The number of aliphatic hydroxyl groups is 1. The van der Waals surface area contributed by atoms with Crippen LogP contribution in [0.3, 0.4) is 0 Å². The summed E-state index contributed by atoms with van der Waals surface area (Å²) in [5, 5.41) is 11.0. The Morgan fingerprint density at radius 1 is 1.00 bits per heavy atom. The first-order chi connectivity index (χ1) is 11.2. The fourth-order valence-electron chi connectivity index (χ4n) is 3.38. The number of carbonyl (C=O) groups excluding carboxylic acids is 1. The third-order valence-electron chi connectivity index (χ3n) is 4.66. The molecule has 1 heterocycles. The zero-order valence-electron chi connectivity index (χ0n) is 13.4. The predicted octanol–water partition coefficient (Wildman–Crippen LogP) is 3.72. The van der Waals surface area contributed by atoms with Gasteiger partial charge in [-0.25, -0.2) is 0 Å². The average Bonchev–Trinajstić information content (AvgIpc) is 2.60. The number of amides is 1. The Labute approximate surface area is 137 Å². The van der Waals surface area contributed by atoms with E-state index >= 15 is 0 Å². The van der Waals surface area contributed by atoms with Crippen LogP contribution in [0.2, 0.25) is 0 Å². The van der Waals surface area contributed by atoms with E-state index in [2.05, 4.69) is 0 Å². The van der Waals surface area contributed by atoms with E-state index in [1.807, 2.05) is 72.5 Å². The van der Waals surface area contributed by atoms with Crippen LogP contribution in [0.4, 0.5) is 0 Å². The monoisotopic (exact) mass is 309 g/mol.